The smallest absolute Gasteiger partial charge is 0.311 e. The first-order valence-corrected chi connectivity index (χ1v) is 9.41. The zero-order chi connectivity index (χ0) is 20.5. The maximum Gasteiger partial charge on any atom is 0.311 e. The minimum absolute atomic E-state index is 0.169. The SMILES string of the molecule is COc1cc(C(=O)N2CC[C@@]3(C(=O)O)CCCN(C)[C@@H]3C2)cc(OC)c1OC. The van der Waals surface area contributed by atoms with E-state index < -0.39 is 11.4 Å². The number of benzene rings is 1. The normalized spacial score (nSPS) is 25.0. The molecule has 3 rings (SSSR count). The molecule has 2 aliphatic rings. The van der Waals surface area contributed by atoms with Crippen molar-refractivity contribution in [2.45, 2.75) is 25.3 Å². The molecular formula is C20H28N2O6. The van der Waals surface area contributed by atoms with Crippen molar-refractivity contribution in [3.05, 3.63) is 17.7 Å². The van der Waals surface area contributed by atoms with Gasteiger partial charge in [0.25, 0.3) is 5.91 Å². The van der Waals surface area contributed by atoms with Gasteiger partial charge >= 0.3 is 5.97 Å². The number of carbonyl (C=O) groups is 2. The van der Waals surface area contributed by atoms with Crippen LogP contribution >= 0.6 is 0 Å². The average molecular weight is 392 g/mol. The number of carboxylic acids is 1. The van der Waals surface area contributed by atoms with E-state index >= 15 is 0 Å². The Morgan fingerprint density at radius 1 is 1.07 bits per heavy atom. The second-order valence-corrected chi connectivity index (χ2v) is 7.48. The summed E-state index contributed by atoms with van der Waals surface area (Å²) in [4.78, 5) is 29.1. The van der Waals surface area contributed by atoms with E-state index in [1.807, 2.05) is 7.05 Å². The molecule has 2 saturated heterocycles. The lowest BCUT2D eigenvalue weighted by atomic mass is 9.68. The molecule has 0 bridgehead atoms. The van der Waals surface area contributed by atoms with Crippen molar-refractivity contribution in [2.24, 2.45) is 5.41 Å². The van der Waals surface area contributed by atoms with E-state index in [2.05, 4.69) is 4.90 Å². The monoisotopic (exact) mass is 392 g/mol. The number of piperidine rings is 2. The van der Waals surface area contributed by atoms with Gasteiger partial charge in [-0.05, 0) is 45.0 Å². The highest BCUT2D eigenvalue weighted by Gasteiger charge is 2.52. The molecule has 0 aromatic heterocycles. The summed E-state index contributed by atoms with van der Waals surface area (Å²) in [5.41, 5.74) is -0.352. The second-order valence-electron chi connectivity index (χ2n) is 7.48. The van der Waals surface area contributed by atoms with Gasteiger partial charge in [-0.25, -0.2) is 0 Å². The highest BCUT2D eigenvalue weighted by Crippen LogP contribution is 2.43. The number of likely N-dealkylation sites (N-methyl/N-ethyl adjacent to an activating group) is 1. The zero-order valence-corrected chi connectivity index (χ0v) is 16.9. The van der Waals surface area contributed by atoms with Gasteiger partial charge in [-0.2, -0.15) is 0 Å². The van der Waals surface area contributed by atoms with Gasteiger partial charge in [0.05, 0.1) is 26.7 Å². The van der Waals surface area contributed by atoms with E-state index in [4.69, 9.17) is 14.2 Å². The largest absolute Gasteiger partial charge is 0.493 e. The van der Waals surface area contributed by atoms with Crippen LogP contribution in [0.3, 0.4) is 0 Å². The molecule has 0 unspecified atom stereocenters. The van der Waals surface area contributed by atoms with Crippen molar-refractivity contribution in [3.8, 4) is 17.2 Å². The Kier molecular flexibility index (Phi) is 5.69. The number of amides is 1. The molecule has 0 aliphatic carbocycles. The van der Waals surface area contributed by atoms with Crippen LogP contribution in [0.25, 0.3) is 0 Å². The highest BCUT2D eigenvalue weighted by molar-refractivity contribution is 5.96. The molecule has 2 aliphatic heterocycles. The molecule has 0 radical (unpaired) electrons. The summed E-state index contributed by atoms with van der Waals surface area (Å²) in [6.07, 6.45) is 1.97. The van der Waals surface area contributed by atoms with Crippen molar-refractivity contribution >= 4 is 11.9 Å². The summed E-state index contributed by atoms with van der Waals surface area (Å²) >= 11 is 0. The summed E-state index contributed by atoms with van der Waals surface area (Å²) in [6, 6.07) is 3.07. The predicted octanol–water partition coefficient (Wildman–Crippen LogP) is 1.72. The van der Waals surface area contributed by atoms with E-state index in [9.17, 15) is 14.7 Å². The molecule has 0 spiro atoms. The lowest BCUT2D eigenvalue weighted by Crippen LogP contribution is -2.63. The Hall–Kier alpha value is -2.48. The fourth-order valence-electron chi connectivity index (χ4n) is 4.56. The van der Waals surface area contributed by atoms with E-state index in [-0.39, 0.29) is 11.9 Å². The van der Waals surface area contributed by atoms with Gasteiger partial charge in [0, 0.05) is 24.7 Å². The second kappa shape index (κ2) is 7.87. The summed E-state index contributed by atoms with van der Waals surface area (Å²) in [7, 11) is 6.46. The fraction of sp³-hybridized carbons (Fsp3) is 0.600. The Bertz CT molecular complexity index is 742. The predicted molar refractivity (Wildman–Crippen MR) is 102 cm³/mol. The zero-order valence-electron chi connectivity index (χ0n) is 16.9. The number of likely N-dealkylation sites (tertiary alicyclic amines) is 2. The maximum absolute atomic E-state index is 13.2. The number of nitrogens with zero attached hydrogens (tertiary/aromatic N) is 2. The molecule has 1 aromatic rings. The Morgan fingerprint density at radius 2 is 1.71 bits per heavy atom. The minimum Gasteiger partial charge on any atom is -0.493 e. The van der Waals surface area contributed by atoms with Crippen LogP contribution in [0.2, 0.25) is 0 Å². The van der Waals surface area contributed by atoms with Crippen molar-refractivity contribution in [3.63, 3.8) is 0 Å². The topological polar surface area (TPSA) is 88.5 Å². The third-order valence-corrected chi connectivity index (χ3v) is 6.15. The number of carboxylic acid groups (broad SMARTS) is 1. The average Bonchev–Trinajstić information content (AvgIpc) is 2.71. The Balaban J connectivity index is 1.89. The lowest BCUT2D eigenvalue weighted by molar-refractivity contribution is -0.161. The Morgan fingerprint density at radius 3 is 2.25 bits per heavy atom. The van der Waals surface area contributed by atoms with Gasteiger partial charge in [0.2, 0.25) is 5.75 Å². The van der Waals surface area contributed by atoms with Crippen LogP contribution < -0.4 is 14.2 Å². The van der Waals surface area contributed by atoms with Crippen molar-refractivity contribution < 1.29 is 28.9 Å². The van der Waals surface area contributed by atoms with Gasteiger partial charge in [0.15, 0.2) is 11.5 Å². The molecule has 1 amide bonds. The number of ether oxygens (including phenoxy) is 3. The number of carbonyl (C=O) groups excluding carboxylic acids is 1. The summed E-state index contributed by atoms with van der Waals surface area (Å²) < 4.78 is 16.0. The number of aliphatic carboxylic acids is 1. The molecule has 2 atom stereocenters. The third-order valence-electron chi connectivity index (χ3n) is 6.15. The van der Waals surface area contributed by atoms with Crippen molar-refractivity contribution in [1.29, 1.82) is 0 Å². The van der Waals surface area contributed by atoms with E-state index in [1.165, 1.54) is 21.3 Å². The summed E-state index contributed by atoms with van der Waals surface area (Å²) in [5.74, 6) is 0.326. The van der Waals surface area contributed by atoms with Crippen LogP contribution in [0.1, 0.15) is 29.6 Å². The quantitative estimate of drug-likeness (QED) is 0.816. The molecule has 8 nitrogen and oxygen atoms in total. The van der Waals surface area contributed by atoms with Crippen LogP contribution in [0.15, 0.2) is 12.1 Å². The van der Waals surface area contributed by atoms with E-state index in [0.717, 1.165) is 13.0 Å². The molecular weight excluding hydrogens is 364 g/mol. The first-order valence-electron chi connectivity index (χ1n) is 9.41. The van der Waals surface area contributed by atoms with Crippen molar-refractivity contribution in [2.75, 3.05) is 48.0 Å². The number of methoxy groups -OCH3 is 3. The van der Waals surface area contributed by atoms with Crippen LogP contribution in [0.5, 0.6) is 17.2 Å². The van der Waals surface area contributed by atoms with Gasteiger partial charge in [-0.15, -0.1) is 0 Å². The molecule has 1 aromatic carbocycles. The first kappa shape index (κ1) is 20.3. The number of rotatable bonds is 5. The van der Waals surface area contributed by atoms with Crippen LogP contribution in [-0.4, -0.2) is 80.8 Å². The third kappa shape index (κ3) is 3.26. The number of fused-ring (bicyclic) bond motifs is 1. The van der Waals surface area contributed by atoms with Gasteiger partial charge in [-0.1, -0.05) is 0 Å². The van der Waals surface area contributed by atoms with Crippen LogP contribution in [0, 0.1) is 5.41 Å². The fourth-order valence-corrected chi connectivity index (χ4v) is 4.56. The van der Waals surface area contributed by atoms with Gasteiger partial charge < -0.3 is 29.1 Å². The minimum atomic E-state index is -0.779. The highest BCUT2D eigenvalue weighted by atomic mass is 16.5. The number of hydrogen-bond donors (Lipinski definition) is 1. The summed E-state index contributed by atoms with van der Waals surface area (Å²) in [6.45, 7) is 1.64. The molecule has 2 heterocycles. The molecule has 28 heavy (non-hydrogen) atoms. The van der Waals surface area contributed by atoms with Crippen molar-refractivity contribution in [1.82, 2.24) is 9.80 Å². The number of hydrogen-bond acceptors (Lipinski definition) is 6. The van der Waals surface area contributed by atoms with Crippen LogP contribution in [0.4, 0.5) is 0 Å². The lowest BCUT2D eigenvalue weighted by Gasteiger charge is -2.51. The van der Waals surface area contributed by atoms with E-state index in [1.54, 1.807) is 17.0 Å². The molecule has 154 valence electrons. The van der Waals surface area contributed by atoms with Crippen LogP contribution in [-0.2, 0) is 4.79 Å². The standard InChI is InChI=1S/C20H28N2O6/c1-21-8-5-6-20(19(24)25)7-9-22(12-16(20)21)18(23)13-10-14(26-2)17(28-4)15(11-13)27-3/h10-11,16H,5-9,12H2,1-4H3,(H,24,25)/t16-,20+/m1/s1. The summed E-state index contributed by atoms with van der Waals surface area (Å²) in [5, 5.41) is 9.90. The molecule has 1 N–H and O–H groups in total. The molecule has 2 fully saturated rings. The van der Waals surface area contributed by atoms with E-state index in [0.29, 0.717) is 48.7 Å². The molecule has 0 saturated carbocycles. The Labute approximate surface area is 165 Å². The van der Waals surface area contributed by atoms with Gasteiger partial charge in [0.1, 0.15) is 0 Å². The maximum atomic E-state index is 13.2. The molecule has 8 heteroatoms. The van der Waals surface area contributed by atoms with Gasteiger partial charge in [-0.3, -0.25) is 9.59 Å². The first-order chi connectivity index (χ1) is 13.4.